The van der Waals surface area contributed by atoms with Gasteiger partial charge in [-0.05, 0) is 110 Å². The van der Waals surface area contributed by atoms with Gasteiger partial charge in [0.25, 0.3) is 5.91 Å². The zero-order valence-corrected chi connectivity index (χ0v) is 66.6. The van der Waals surface area contributed by atoms with Gasteiger partial charge in [0.2, 0.25) is 0 Å². The van der Waals surface area contributed by atoms with Crippen molar-refractivity contribution in [1.29, 1.82) is 0 Å². The predicted molar refractivity (Wildman–Crippen MR) is 476 cm³/mol. The van der Waals surface area contributed by atoms with Crippen molar-refractivity contribution in [2.75, 3.05) is 53.4 Å². The number of aliphatic hydroxyl groups excluding tert-OH is 1. The second-order valence-electron chi connectivity index (χ2n) is 29.9. The number of carbonyl (C=O) groups excluding carboxylic acids is 8. The predicted octanol–water partition coefficient (Wildman–Crippen LogP) is 18.7. The van der Waals surface area contributed by atoms with Gasteiger partial charge in [-0.1, -0.05) is 193 Å². The lowest BCUT2D eigenvalue weighted by Gasteiger charge is -2.24. The van der Waals surface area contributed by atoms with Gasteiger partial charge in [0, 0.05) is 84.4 Å². The molecule has 0 saturated carbocycles. The minimum atomic E-state index is -0.489. The number of anilines is 7. The van der Waals surface area contributed by atoms with E-state index in [-0.39, 0.29) is 140 Å². The van der Waals surface area contributed by atoms with Crippen molar-refractivity contribution < 1.29 is 77.7 Å². The fourth-order valence-electron chi connectivity index (χ4n) is 16.1. The first-order valence-corrected chi connectivity index (χ1v) is 39.7. The Bertz CT molecular complexity index is 6930. The van der Waals surface area contributed by atoms with Gasteiger partial charge < -0.3 is 61.5 Å². The number of phenols is 2. The molecule has 0 bridgehead atoms. The molecule has 0 atom stereocenters. The molecule has 0 saturated heterocycles. The Morgan fingerprint density at radius 3 is 1.20 bits per heavy atom. The zero-order chi connectivity index (χ0) is 86.6. The number of allylic oxidation sites excluding steroid dienone is 1. The molecule has 0 spiro atoms. The third-order valence-corrected chi connectivity index (χ3v) is 22.1. The van der Waals surface area contributed by atoms with Gasteiger partial charge in [-0.2, -0.15) is 0 Å². The molecule has 0 unspecified atom stereocenters. The van der Waals surface area contributed by atoms with Crippen LogP contribution in [0.5, 0.6) is 40.2 Å². The number of rotatable bonds is 15. The van der Waals surface area contributed by atoms with E-state index < -0.39 is 34.6 Å². The molecule has 6 aliphatic rings. The summed E-state index contributed by atoms with van der Waals surface area (Å²) in [6.45, 7) is 4.27. The number of carbonyl (C=O) groups is 8. The number of aromatic hydroxyl groups is 3. The van der Waals surface area contributed by atoms with Gasteiger partial charge in [0.1, 0.15) is 84.0 Å². The summed E-state index contributed by atoms with van der Waals surface area (Å²) in [7, 11) is 0. The number of hydrogen-bond donors (Lipinski definition) is 8. The number of aromatic nitrogens is 1. The van der Waals surface area contributed by atoms with Gasteiger partial charge in [-0.25, -0.2) is 9.98 Å². The third kappa shape index (κ3) is 14.4. The van der Waals surface area contributed by atoms with Gasteiger partial charge in [0.15, 0.2) is 40.5 Å². The lowest BCUT2D eigenvalue weighted by atomic mass is 9.82. The summed E-state index contributed by atoms with van der Waals surface area (Å²) >= 11 is 0. The van der Waals surface area contributed by atoms with Crippen molar-refractivity contribution in [3.63, 3.8) is 0 Å². The minimum absolute atomic E-state index is 0.00588. The highest BCUT2D eigenvalue weighted by Crippen LogP contribution is 2.48. The highest BCUT2D eigenvalue weighted by atomic mass is 16.5. The normalized spacial score (nSPS) is 13.2. The molecule has 0 radical (unpaired) electrons. The summed E-state index contributed by atoms with van der Waals surface area (Å²) in [5.41, 5.74) is 24.8. The summed E-state index contributed by atoms with van der Waals surface area (Å²) in [6, 6.07) is 83.8. The molecule has 23 nitrogen and oxygen atoms in total. The number of amidine groups is 1. The number of nitrogens with two attached hydrogens (primary N) is 2. The molecular weight excluding hydrogens is 1580 g/mol. The van der Waals surface area contributed by atoms with Crippen molar-refractivity contribution in [3.05, 3.63) is 391 Å². The van der Waals surface area contributed by atoms with Crippen LogP contribution < -0.4 is 45.9 Å². The molecule has 1 aromatic heterocycles. The van der Waals surface area contributed by atoms with Crippen LogP contribution in [-0.2, 0) is 0 Å². The van der Waals surface area contributed by atoms with E-state index in [9.17, 15) is 58.8 Å². The number of Topliss-reactive ketones (excluding diaryl/α,β-unsaturated/α-hetero) is 1. The monoisotopic (exact) mass is 1650 g/mol. The van der Waals surface area contributed by atoms with Crippen molar-refractivity contribution >= 4 is 131 Å². The number of phenolic OH excluding ortho intramolecular Hbond substituents is 2. The highest BCUT2D eigenvalue weighted by Gasteiger charge is 2.41. The SMILES string of the molecule is Cc1ccc(Nc2ccc(Nc3ccc(C)cc3)c3c2C(=O)c2ccccc2C3=O)cc1.Nc1c(OCCOc2ccc(OCCOc3cc(O)c4c(c3N)C(=O)c3ccccc3C4=O)cc2)cc(O)c2c1C(=O)c1ccccc1C2=O.O=C1C(c2nc3ccccc3cc2O)=C(O)c2ccccc21.O=C1c2ccccc2C2=Nc3cccc4cccc(c34)N12. The summed E-state index contributed by atoms with van der Waals surface area (Å²) in [5.74, 6) is -1.77. The number of hydrogen-bond acceptors (Lipinski definition) is 22. The van der Waals surface area contributed by atoms with E-state index in [1.807, 2.05) is 141 Å². The van der Waals surface area contributed by atoms with Gasteiger partial charge in [0.05, 0.1) is 84.2 Å². The van der Waals surface area contributed by atoms with Gasteiger partial charge >= 0.3 is 0 Å². The first-order chi connectivity index (χ1) is 60.7. The Morgan fingerprint density at radius 1 is 0.352 bits per heavy atom. The van der Waals surface area contributed by atoms with Crippen LogP contribution in [0, 0.1) is 13.8 Å². The lowest BCUT2D eigenvalue weighted by molar-refractivity contribution is 0.0977. The first kappa shape index (κ1) is 79.1. The standard InChI is InChI=1S/C38H28N2O10.C28H22N2O2.C18H10N2O.C18H11NO3/c39-33-27(17-25(41)29-31(33)37(45)23-7-3-1-5-21(23)35(29)43)49-15-13-47-19-9-11-20(12-10-19)48-14-16-50-28-18-26(42)30-32(34(28)40)38(46)24-8-4-2-6-22(24)36(30)44;1-17-7-11-19(12-8-17)29-23-15-16-24(30-20-13-9-18(2)10-14-20)26-25(23)27(31)21-5-3-4-6-22(21)28(26)32;21-18-13-8-2-1-7-12(13)17-19-14-9-3-5-11-6-4-10-15(16(11)14)20(17)18;20-14-9-10-5-1-4-8-13(10)19-16(14)15-17(21)11-6-2-3-7-12(11)18(15)22/h1-12,17-18,41-42H,13-16,39-40H2;3-16,29-30H,1-2H3;1-10H;1-9,20-21H. The van der Waals surface area contributed by atoms with Crippen molar-refractivity contribution in [1.82, 2.24) is 4.98 Å². The highest BCUT2D eigenvalue weighted by molar-refractivity contribution is 6.41. The average molecular weight is 1650 g/mol. The van der Waals surface area contributed by atoms with E-state index in [4.69, 9.17) is 35.4 Å². The third-order valence-electron chi connectivity index (χ3n) is 22.1. The number of nitrogens with one attached hydrogen (secondary N) is 2. The topological polar surface area (TPSA) is 359 Å². The molecule has 2 aliphatic heterocycles. The van der Waals surface area contributed by atoms with Crippen LogP contribution in [0.1, 0.15) is 144 Å². The van der Waals surface area contributed by atoms with Crippen LogP contribution >= 0.6 is 0 Å². The van der Waals surface area contributed by atoms with Crippen molar-refractivity contribution in [2.45, 2.75) is 13.8 Å². The second-order valence-corrected chi connectivity index (χ2v) is 29.9. The second kappa shape index (κ2) is 32.6. The molecule has 15 aromatic rings. The number of fused-ring (bicyclic) bond motifs is 12. The Balaban J connectivity index is 0.000000121. The number of nitrogen functional groups attached to an aromatic ring is 2. The minimum Gasteiger partial charge on any atom is -0.507 e. The van der Waals surface area contributed by atoms with Gasteiger partial charge in [-0.3, -0.25) is 43.3 Å². The number of ether oxygens (including phenoxy) is 4. The van der Waals surface area contributed by atoms with Gasteiger partial charge in [-0.15, -0.1) is 0 Å². The molecule has 125 heavy (non-hydrogen) atoms. The Morgan fingerprint density at radius 2 is 0.736 bits per heavy atom. The van der Waals surface area contributed by atoms with E-state index in [2.05, 4.69) is 27.8 Å². The number of ketones is 7. The Labute approximate surface area is 713 Å². The fraction of sp³-hybridized carbons (Fsp3) is 0.0588. The molecule has 21 rings (SSSR count). The Kier molecular flexibility index (Phi) is 20.6. The van der Waals surface area contributed by atoms with Crippen LogP contribution in [-0.4, -0.2) is 104 Å². The number of nitrogens with zero attached hydrogens (tertiary/aromatic N) is 3. The number of para-hydroxylation sites is 1. The summed E-state index contributed by atoms with van der Waals surface area (Å²) in [4.78, 5) is 115. The van der Waals surface area contributed by atoms with Crippen molar-refractivity contribution in [2.24, 2.45) is 4.99 Å². The lowest BCUT2D eigenvalue weighted by Crippen LogP contribution is -2.31. The fourth-order valence-corrected chi connectivity index (χ4v) is 16.1. The maximum absolute atomic E-state index is 13.5. The van der Waals surface area contributed by atoms with E-state index >= 15 is 0 Å². The largest absolute Gasteiger partial charge is 0.507 e. The quantitative estimate of drug-likeness (QED) is 0.0268. The molecular formula is C102H71N7O16. The molecule has 3 heterocycles. The number of aliphatic imine (C=N–C) groups is 1. The first-order valence-electron chi connectivity index (χ1n) is 39.7. The molecule has 610 valence electrons. The van der Waals surface area contributed by atoms with E-state index in [1.54, 1.807) is 114 Å². The number of aryl methyl sites for hydroxylation is 2. The maximum Gasteiger partial charge on any atom is 0.264 e. The number of benzene rings is 14. The summed E-state index contributed by atoms with van der Waals surface area (Å²) < 4.78 is 22.9. The smallest absolute Gasteiger partial charge is 0.264 e. The van der Waals surface area contributed by atoms with E-state index in [0.717, 1.165) is 67.0 Å². The van der Waals surface area contributed by atoms with Crippen LogP contribution in [0.3, 0.4) is 0 Å². The molecule has 1 amide bonds. The molecule has 0 fully saturated rings. The Hall–Kier alpha value is -17.1. The van der Waals surface area contributed by atoms with Crippen molar-refractivity contribution in [3.8, 4) is 40.2 Å². The summed E-state index contributed by atoms with van der Waals surface area (Å²) in [6.07, 6.45) is 0. The number of aliphatic hydroxyl groups is 1. The average Bonchev–Trinajstić information content (AvgIpc) is 1.68. The molecule has 14 aromatic carbocycles. The maximum atomic E-state index is 13.5. The summed E-state index contributed by atoms with van der Waals surface area (Å²) in [5, 5.41) is 51.4. The zero-order valence-electron chi connectivity index (χ0n) is 66.6. The molecule has 10 N–H and O–H groups in total. The van der Waals surface area contributed by atoms with E-state index in [1.165, 1.54) is 36.4 Å². The molecule has 23 heteroatoms. The number of pyridine rings is 1. The number of amides is 1. The van der Waals surface area contributed by atoms with Crippen LogP contribution in [0.2, 0.25) is 0 Å². The molecule has 4 aliphatic carbocycles. The van der Waals surface area contributed by atoms with Crippen LogP contribution in [0.25, 0.3) is 33.0 Å². The van der Waals surface area contributed by atoms with E-state index in [0.29, 0.717) is 61.8 Å². The van der Waals surface area contributed by atoms with Crippen LogP contribution in [0.15, 0.2) is 290 Å². The van der Waals surface area contributed by atoms with Crippen LogP contribution in [0.4, 0.5) is 45.5 Å².